The second kappa shape index (κ2) is 8.86. The number of amides is 1. The highest BCUT2D eigenvalue weighted by atomic mass is 19.3. The van der Waals surface area contributed by atoms with Gasteiger partial charge >= 0.3 is 6.61 Å². The van der Waals surface area contributed by atoms with Gasteiger partial charge in [0.05, 0.1) is 19.8 Å². The summed E-state index contributed by atoms with van der Waals surface area (Å²) in [5.41, 5.74) is 1.30. The summed E-state index contributed by atoms with van der Waals surface area (Å²) in [6.07, 6.45) is 0.555. The highest BCUT2D eigenvalue weighted by Gasteiger charge is 2.13. The van der Waals surface area contributed by atoms with E-state index in [4.69, 9.17) is 9.47 Å². The van der Waals surface area contributed by atoms with Gasteiger partial charge in [-0.15, -0.1) is 0 Å². The molecule has 0 saturated carbocycles. The van der Waals surface area contributed by atoms with Gasteiger partial charge in [-0.25, -0.2) is 0 Å². The molecule has 0 heterocycles. The number of ether oxygens (including phenoxy) is 3. The van der Waals surface area contributed by atoms with E-state index in [2.05, 4.69) is 10.1 Å². The van der Waals surface area contributed by atoms with Crippen LogP contribution >= 0.6 is 0 Å². The summed E-state index contributed by atoms with van der Waals surface area (Å²) in [7, 11) is 3.01. The Kier molecular flexibility index (Phi) is 6.56. The highest BCUT2D eigenvalue weighted by molar-refractivity contribution is 5.97. The third kappa shape index (κ3) is 5.34. The highest BCUT2D eigenvalue weighted by Crippen LogP contribution is 2.24. The molecule has 134 valence electrons. The van der Waals surface area contributed by atoms with Crippen LogP contribution in [0.2, 0.25) is 0 Å². The van der Waals surface area contributed by atoms with Crippen molar-refractivity contribution in [3.8, 4) is 17.2 Å². The second-order valence-corrected chi connectivity index (χ2v) is 5.09. The van der Waals surface area contributed by atoms with Crippen LogP contribution < -0.4 is 19.5 Å². The number of methoxy groups -OCH3 is 2. The largest absolute Gasteiger partial charge is 0.497 e. The second-order valence-electron chi connectivity index (χ2n) is 5.09. The number of carbonyl (C=O) groups is 1. The Balaban J connectivity index is 1.90. The molecule has 0 aromatic heterocycles. The van der Waals surface area contributed by atoms with Crippen molar-refractivity contribution in [3.05, 3.63) is 53.6 Å². The van der Waals surface area contributed by atoms with Crippen LogP contribution in [0, 0.1) is 0 Å². The fraction of sp³-hybridized carbons (Fsp3) is 0.278. The van der Waals surface area contributed by atoms with Gasteiger partial charge in [0.15, 0.2) is 0 Å². The average molecular weight is 351 g/mol. The maximum Gasteiger partial charge on any atom is 0.387 e. The summed E-state index contributed by atoms with van der Waals surface area (Å²) in [5, 5.41) is 2.80. The zero-order chi connectivity index (χ0) is 18.2. The molecule has 0 saturated heterocycles. The van der Waals surface area contributed by atoms with Crippen LogP contribution in [0.15, 0.2) is 42.5 Å². The van der Waals surface area contributed by atoms with Gasteiger partial charge in [-0.05, 0) is 36.2 Å². The van der Waals surface area contributed by atoms with Gasteiger partial charge in [0.25, 0.3) is 5.91 Å². The molecule has 0 bridgehead atoms. The van der Waals surface area contributed by atoms with Gasteiger partial charge in [0.1, 0.15) is 17.2 Å². The Morgan fingerprint density at radius 3 is 2.32 bits per heavy atom. The summed E-state index contributed by atoms with van der Waals surface area (Å²) >= 11 is 0. The van der Waals surface area contributed by atoms with Gasteiger partial charge in [-0.3, -0.25) is 4.79 Å². The SMILES string of the molecule is COc1ccc(C(=O)NCCc2ccc(OC(F)F)cc2)c(OC)c1. The zero-order valence-electron chi connectivity index (χ0n) is 13.9. The first-order valence-corrected chi connectivity index (χ1v) is 7.57. The Hall–Kier alpha value is -2.83. The molecule has 0 unspecified atom stereocenters. The lowest BCUT2D eigenvalue weighted by molar-refractivity contribution is -0.0498. The third-order valence-corrected chi connectivity index (χ3v) is 3.50. The summed E-state index contributed by atoms with van der Waals surface area (Å²) in [6.45, 7) is -2.45. The Morgan fingerprint density at radius 2 is 1.72 bits per heavy atom. The molecule has 0 aliphatic rings. The maximum absolute atomic E-state index is 12.3. The molecule has 2 rings (SSSR count). The lowest BCUT2D eigenvalue weighted by Gasteiger charge is -2.11. The van der Waals surface area contributed by atoms with Crippen molar-refractivity contribution in [2.75, 3.05) is 20.8 Å². The number of hydrogen-bond donors (Lipinski definition) is 1. The predicted octanol–water partition coefficient (Wildman–Crippen LogP) is 3.28. The third-order valence-electron chi connectivity index (χ3n) is 3.50. The quantitative estimate of drug-likeness (QED) is 0.793. The van der Waals surface area contributed by atoms with E-state index in [-0.39, 0.29) is 11.7 Å². The number of alkyl halides is 2. The number of benzene rings is 2. The van der Waals surface area contributed by atoms with E-state index in [1.807, 2.05) is 0 Å². The van der Waals surface area contributed by atoms with Crippen LogP contribution in [-0.4, -0.2) is 33.3 Å². The minimum atomic E-state index is -2.84. The molecule has 0 aliphatic heterocycles. The van der Waals surface area contributed by atoms with Crippen molar-refractivity contribution in [2.45, 2.75) is 13.0 Å². The van der Waals surface area contributed by atoms with Crippen LogP contribution in [0.5, 0.6) is 17.2 Å². The first-order valence-electron chi connectivity index (χ1n) is 7.57. The zero-order valence-corrected chi connectivity index (χ0v) is 13.9. The fourth-order valence-corrected chi connectivity index (χ4v) is 2.24. The molecule has 2 aromatic carbocycles. The first kappa shape index (κ1) is 18.5. The number of carbonyl (C=O) groups excluding carboxylic acids is 1. The fourth-order valence-electron chi connectivity index (χ4n) is 2.24. The van der Waals surface area contributed by atoms with E-state index in [0.29, 0.717) is 30.0 Å². The van der Waals surface area contributed by atoms with Crippen LogP contribution in [0.25, 0.3) is 0 Å². The number of hydrogen-bond acceptors (Lipinski definition) is 4. The maximum atomic E-state index is 12.3. The number of rotatable bonds is 8. The standard InChI is InChI=1S/C18H19F2NO4/c1-23-14-7-8-15(16(11-14)24-2)17(22)21-10-9-12-3-5-13(6-4-12)25-18(19)20/h3-8,11,18H,9-10H2,1-2H3,(H,21,22). The molecule has 0 atom stereocenters. The topological polar surface area (TPSA) is 56.8 Å². The molecule has 0 radical (unpaired) electrons. The van der Waals surface area contributed by atoms with Crippen molar-refractivity contribution in [3.63, 3.8) is 0 Å². The van der Waals surface area contributed by atoms with Crippen molar-refractivity contribution in [1.29, 1.82) is 0 Å². The van der Waals surface area contributed by atoms with Crippen LogP contribution in [-0.2, 0) is 6.42 Å². The smallest absolute Gasteiger partial charge is 0.387 e. The van der Waals surface area contributed by atoms with E-state index in [1.54, 1.807) is 30.3 Å². The molecular formula is C18H19F2NO4. The number of nitrogens with one attached hydrogen (secondary N) is 1. The molecule has 2 aromatic rings. The Labute approximate surface area is 144 Å². The molecule has 0 fully saturated rings. The van der Waals surface area contributed by atoms with E-state index < -0.39 is 6.61 Å². The van der Waals surface area contributed by atoms with Crippen LogP contribution in [0.1, 0.15) is 15.9 Å². The normalized spacial score (nSPS) is 10.4. The molecule has 25 heavy (non-hydrogen) atoms. The Bertz CT molecular complexity index is 705. The summed E-state index contributed by atoms with van der Waals surface area (Å²) < 4.78 is 38.8. The van der Waals surface area contributed by atoms with Crippen molar-refractivity contribution >= 4 is 5.91 Å². The van der Waals surface area contributed by atoms with Crippen molar-refractivity contribution in [1.82, 2.24) is 5.32 Å². The minimum absolute atomic E-state index is 0.103. The molecule has 1 N–H and O–H groups in total. The summed E-state index contributed by atoms with van der Waals surface area (Å²) in [4.78, 5) is 12.3. The molecule has 7 heteroatoms. The van der Waals surface area contributed by atoms with E-state index in [0.717, 1.165) is 5.56 Å². The monoisotopic (exact) mass is 351 g/mol. The Morgan fingerprint density at radius 1 is 1.04 bits per heavy atom. The number of halogens is 2. The molecule has 0 aliphatic carbocycles. The van der Waals surface area contributed by atoms with Gasteiger partial charge in [-0.1, -0.05) is 12.1 Å². The molecule has 0 spiro atoms. The van der Waals surface area contributed by atoms with E-state index in [1.165, 1.54) is 26.4 Å². The van der Waals surface area contributed by atoms with Gasteiger partial charge in [0, 0.05) is 12.6 Å². The average Bonchev–Trinajstić information content (AvgIpc) is 2.62. The van der Waals surface area contributed by atoms with Crippen molar-refractivity contribution in [2.24, 2.45) is 0 Å². The van der Waals surface area contributed by atoms with Gasteiger partial charge < -0.3 is 19.5 Å². The summed E-state index contributed by atoms with van der Waals surface area (Å²) in [6, 6.07) is 11.2. The van der Waals surface area contributed by atoms with Gasteiger partial charge in [0.2, 0.25) is 0 Å². The van der Waals surface area contributed by atoms with E-state index >= 15 is 0 Å². The summed E-state index contributed by atoms with van der Waals surface area (Å²) in [5.74, 6) is 0.854. The van der Waals surface area contributed by atoms with Crippen molar-refractivity contribution < 1.29 is 27.8 Å². The van der Waals surface area contributed by atoms with Gasteiger partial charge in [-0.2, -0.15) is 8.78 Å². The molecule has 1 amide bonds. The predicted molar refractivity (Wildman–Crippen MR) is 88.7 cm³/mol. The van der Waals surface area contributed by atoms with Crippen LogP contribution in [0.3, 0.4) is 0 Å². The lowest BCUT2D eigenvalue weighted by atomic mass is 10.1. The molecule has 5 nitrogen and oxygen atoms in total. The minimum Gasteiger partial charge on any atom is -0.497 e. The molecular weight excluding hydrogens is 332 g/mol. The lowest BCUT2D eigenvalue weighted by Crippen LogP contribution is -2.26. The van der Waals surface area contributed by atoms with Crippen LogP contribution in [0.4, 0.5) is 8.78 Å². The van der Waals surface area contributed by atoms with E-state index in [9.17, 15) is 13.6 Å². The first-order chi connectivity index (χ1) is 12.0.